The van der Waals surface area contributed by atoms with Crippen LogP contribution in [0.25, 0.3) is 5.82 Å². The summed E-state index contributed by atoms with van der Waals surface area (Å²) in [5.74, 6) is 0.174. The fourth-order valence-electron chi connectivity index (χ4n) is 3.28. The van der Waals surface area contributed by atoms with Crippen molar-refractivity contribution in [2.24, 2.45) is 5.10 Å². The van der Waals surface area contributed by atoms with Gasteiger partial charge >= 0.3 is 0 Å². The Morgan fingerprint density at radius 1 is 1.25 bits per heavy atom. The largest absolute Gasteiger partial charge is 0.379 e. The molecule has 1 aromatic carbocycles. The van der Waals surface area contributed by atoms with Gasteiger partial charge in [0.1, 0.15) is 0 Å². The van der Waals surface area contributed by atoms with Crippen LogP contribution < -0.4 is 11.2 Å². The molecule has 3 N–H and O–H groups in total. The van der Waals surface area contributed by atoms with Crippen LogP contribution in [-0.2, 0) is 11.3 Å². The molecule has 0 aliphatic carbocycles. The number of morpholine rings is 1. The van der Waals surface area contributed by atoms with E-state index in [9.17, 15) is 4.79 Å². The third-order valence-corrected chi connectivity index (χ3v) is 5.13. The Kier molecular flexibility index (Phi) is 6.52. The first-order valence-corrected chi connectivity index (χ1v) is 10.3. The molecule has 0 radical (unpaired) electrons. The highest BCUT2D eigenvalue weighted by Gasteiger charge is 2.26. The number of carbonyl (C=O) groups is 1. The molecule has 2 aromatic heterocycles. The number of ether oxygens (including phenoxy) is 1. The zero-order valence-corrected chi connectivity index (χ0v) is 17.9. The van der Waals surface area contributed by atoms with Crippen molar-refractivity contribution >= 4 is 17.9 Å². The lowest BCUT2D eigenvalue weighted by atomic mass is 10.0. The number of hydrogen-bond acceptors (Lipinski definition) is 10. The van der Waals surface area contributed by atoms with Crippen LogP contribution in [0.1, 0.15) is 47.1 Å². The van der Waals surface area contributed by atoms with Crippen molar-refractivity contribution in [2.75, 3.05) is 32.0 Å². The molecule has 3 aromatic rings. The van der Waals surface area contributed by atoms with E-state index in [2.05, 4.69) is 54.5 Å². The summed E-state index contributed by atoms with van der Waals surface area (Å²) in [5.41, 5.74) is 11.1. The summed E-state index contributed by atoms with van der Waals surface area (Å²) in [6.45, 7) is 7.30. The second-order valence-corrected chi connectivity index (χ2v) is 7.68. The van der Waals surface area contributed by atoms with E-state index < -0.39 is 5.91 Å². The first kappa shape index (κ1) is 21.6. The number of carbonyl (C=O) groups excluding carboxylic acids is 1. The topological polar surface area (TPSA) is 150 Å². The molecule has 0 spiro atoms. The maximum absolute atomic E-state index is 12.8. The molecule has 12 heteroatoms. The molecule has 1 aliphatic heterocycles. The summed E-state index contributed by atoms with van der Waals surface area (Å²) in [5, 5.41) is 19.5. The average Bonchev–Trinajstić information content (AvgIpc) is 3.40. The highest BCUT2D eigenvalue weighted by molar-refractivity contribution is 5.94. The van der Waals surface area contributed by atoms with Crippen LogP contribution >= 0.6 is 0 Å². The standard InChI is InChI=1S/C20H25N9O3/c1-13(2)15-5-3-14(4-6-15)11-22-24-20(30)17-16(12-28-7-9-31-10-8-28)29(27-23-17)19-18(21)25-32-26-19/h3-6,11,13H,7-10,12H2,1-2H3,(H2,21,25)(H,24,30)/b22-11+. The number of hydrogen-bond donors (Lipinski definition) is 2. The van der Waals surface area contributed by atoms with Gasteiger partial charge in [-0.1, -0.05) is 43.3 Å². The Morgan fingerprint density at radius 3 is 2.66 bits per heavy atom. The Labute approximate surface area is 184 Å². The monoisotopic (exact) mass is 439 g/mol. The van der Waals surface area contributed by atoms with Crippen molar-refractivity contribution in [3.8, 4) is 5.82 Å². The number of rotatable bonds is 7. The maximum Gasteiger partial charge on any atom is 0.293 e. The van der Waals surface area contributed by atoms with E-state index in [0.29, 0.717) is 44.5 Å². The maximum atomic E-state index is 12.8. The summed E-state index contributed by atoms with van der Waals surface area (Å²) in [4.78, 5) is 15.0. The number of hydrazone groups is 1. The number of benzene rings is 1. The number of nitrogens with zero attached hydrogens (tertiary/aromatic N) is 7. The Bertz CT molecular complexity index is 1080. The number of anilines is 1. The van der Waals surface area contributed by atoms with Crippen LogP contribution in [0.3, 0.4) is 0 Å². The second-order valence-electron chi connectivity index (χ2n) is 7.68. The molecule has 1 fully saturated rings. The van der Waals surface area contributed by atoms with E-state index in [0.717, 1.165) is 5.56 Å². The number of nitrogens with one attached hydrogen (secondary N) is 1. The Balaban J connectivity index is 1.53. The summed E-state index contributed by atoms with van der Waals surface area (Å²) < 4.78 is 11.4. The van der Waals surface area contributed by atoms with Gasteiger partial charge in [-0.05, 0) is 27.4 Å². The quantitative estimate of drug-likeness (QED) is 0.405. The molecule has 3 heterocycles. The van der Waals surface area contributed by atoms with E-state index in [4.69, 9.17) is 10.5 Å². The van der Waals surface area contributed by atoms with Gasteiger partial charge in [-0.3, -0.25) is 9.69 Å². The van der Waals surface area contributed by atoms with E-state index in [-0.39, 0.29) is 17.3 Å². The Hall–Kier alpha value is -3.64. The molecular weight excluding hydrogens is 414 g/mol. The molecule has 1 amide bonds. The van der Waals surface area contributed by atoms with Crippen molar-refractivity contribution in [1.82, 2.24) is 35.6 Å². The van der Waals surface area contributed by atoms with E-state index in [1.807, 2.05) is 24.3 Å². The van der Waals surface area contributed by atoms with Gasteiger partial charge in [0, 0.05) is 19.6 Å². The third-order valence-electron chi connectivity index (χ3n) is 5.13. The van der Waals surface area contributed by atoms with Gasteiger partial charge in [-0.25, -0.2) is 10.1 Å². The lowest BCUT2D eigenvalue weighted by Crippen LogP contribution is -2.37. The van der Waals surface area contributed by atoms with Gasteiger partial charge in [0.15, 0.2) is 5.69 Å². The van der Waals surface area contributed by atoms with Gasteiger partial charge in [-0.2, -0.15) is 9.78 Å². The minimum absolute atomic E-state index is 0.0490. The molecule has 32 heavy (non-hydrogen) atoms. The number of amides is 1. The minimum Gasteiger partial charge on any atom is -0.379 e. The van der Waals surface area contributed by atoms with Crippen LogP contribution in [0.2, 0.25) is 0 Å². The predicted octanol–water partition coefficient (Wildman–Crippen LogP) is 0.952. The average molecular weight is 439 g/mol. The van der Waals surface area contributed by atoms with Gasteiger partial charge in [0.25, 0.3) is 5.91 Å². The van der Waals surface area contributed by atoms with Crippen molar-refractivity contribution in [3.63, 3.8) is 0 Å². The van der Waals surface area contributed by atoms with Crippen LogP contribution in [0.5, 0.6) is 0 Å². The Morgan fingerprint density at radius 2 is 2.00 bits per heavy atom. The first-order valence-electron chi connectivity index (χ1n) is 10.3. The summed E-state index contributed by atoms with van der Waals surface area (Å²) in [6.07, 6.45) is 1.58. The van der Waals surface area contributed by atoms with Gasteiger partial charge in [-0.15, -0.1) is 5.10 Å². The predicted molar refractivity (Wildman–Crippen MR) is 115 cm³/mol. The molecule has 168 valence electrons. The van der Waals surface area contributed by atoms with Crippen molar-refractivity contribution in [3.05, 3.63) is 46.8 Å². The van der Waals surface area contributed by atoms with Crippen LogP contribution in [-0.4, -0.2) is 68.6 Å². The van der Waals surface area contributed by atoms with Gasteiger partial charge in [0.05, 0.1) is 25.1 Å². The number of nitrogens with two attached hydrogens (primary N) is 1. The lowest BCUT2D eigenvalue weighted by molar-refractivity contribution is 0.0332. The van der Waals surface area contributed by atoms with E-state index in [1.54, 1.807) is 6.21 Å². The minimum atomic E-state index is -0.496. The van der Waals surface area contributed by atoms with Crippen molar-refractivity contribution in [2.45, 2.75) is 26.3 Å². The summed E-state index contributed by atoms with van der Waals surface area (Å²) >= 11 is 0. The van der Waals surface area contributed by atoms with Crippen molar-refractivity contribution < 1.29 is 14.2 Å². The smallest absolute Gasteiger partial charge is 0.293 e. The molecule has 1 saturated heterocycles. The normalized spacial score (nSPS) is 15.0. The first-order chi connectivity index (χ1) is 15.5. The van der Waals surface area contributed by atoms with Crippen molar-refractivity contribution in [1.29, 1.82) is 0 Å². The zero-order chi connectivity index (χ0) is 22.5. The highest BCUT2D eigenvalue weighted by Crippen LogP contribution is 2.18. The molecule has 0 bridgehead atoms. The molecule has 0 atom stereocenters. The highest BCUT2D eigenvalue weighted by atomic mass is 16.6. The lowest BCUT2D eigenvalue weighted by Gasteiger charge is -2.26. The fraction of sp³-hybridized carbons (Fsp3) is 0.400. The van der Waals surface area contributed by atoms with Gasteiger partial charge < -0.3 is 10.5 Å². The third kappa shape index (κ3) is 4.81. The molecular formula is C20H25N9O3. The van der Waals surface area contributed by atoms with Crippen LogP contribution in [0, 0.1) is 0 Å². The van der Waals surface area contributed by atoms with E-state index in [1.165, 1.54) is 10.2 Å². The summed E-state index contributed by atoms with van der Waals surface area (Å²) in [6, 6.07) is 7.98. The number of nitrogen functional groups attached to an aromatic ring is 1. The number of aromatic nitrogens is 5. The molecule has 1 aliphatic rings. The zero-order valence-electron chi connectivity index (χ0n) is 17.9. The van der Waals surface area contributed by atoms with E-state index >= 15 is 0 Å². The summed E-state index contributed by atoms with van der Waals surface area (Å²) in [7, 11) is 0. The SMILES string of the molecule is CC(C)c1ccc(/C=N/NC(=O)c2nnn(-c3nonc3N)c2CN2CCOCC2)cc1. The molecule has 4 rings (SSSR count). The molecule has 0 saturated carbocycles. The van der Waals surface area contributed by atoms with Crippen LogP contribution in [0.4, 0.5) is 5.82 Å². The molecule has 0 unspecified atom stereocenters. The molecule has 12 nitrogen and oxygen atoms in total. The van der Waals surface area contributed by atoms with Crippen LogP contribution in [0.15, 0.2) is 34.0 Å². The van der Waals surface area contributed by atoms with Gasteiger partial charge in [0.2, 0.25) is 11.6 Å². The fourth-order valence-corrected chi connectivity index (χ4v) is 3.28. The second kappa shape index (κ2) is 9.66.